The Balaban J connectivity index is 2.07. The van der Waals surface area contributed by atoms with Crippen LogP contribution >= 0.6 is 31.1 Å². The van der Waals surface area contributed by atoms with E-state index in [1.807, 2.05) is 0 Å². The summed E-state index contributed by atoms with van der Waals surface area (Å²) in [6.07, 6.45) is 0.359. The van der Waals surface area contributed by atoms with Crippen molar-refractivity contribution in [1.29, 1.82) is 0 Å². The number of halogens is 1. The minimum Gasteiger partial charge on any atom is -0.380 e. The number of ether oxygens (including phenoxy) is 2. The molecule has 16 heteroatoms. The van der Waals surface area contributed by atoms with E-state index in [4.69, 9.17) is 29.0 Å². The molecule has 2 aromatic rings. The summed E-state index contributed by atoms with van der Waals surface area (Å²) >= 11 is 3.26. The molecule has 0 atom stereocenters. The van der Waals surface area contributed by atoms with Crippen molar-refractivity contribution in [2.24, 2.45) is 5.92 Å². The largest absolute Gasteiger partial charge is 0.380 e. The summed E-state index contributed by atoms with van der Waals surface area (Å²) in [4.78, 5) is 58.1. The molecule has 0 radical (unpaired) electrons. The number of nitrogens with zero attached hydrogens (tertiary/aromatic N) is 3. The summed E-state index contributed by atoms with van der Waals surface area (Å²) in [7, 11) is -8.37. The Labute approximate surface area is 172 Å². The first kappa shape index (κ1) is 24.3. The molecule has 0 unspecified atom stereocenters. The molecule has 2 rings (SSSR count). The lowest BCUT2D eigenvalue weighted by Gasteiger charge is -2.19. The lowest BCUT2D eigenvalue weighted by molar-refractivity contribution is 0.0410. The number of H-pyrrole nitrogens is 1. The van der Waals surface area contributed by atoms with Crippen molar-refractivity contribution in [2.45, 2.75) is 6.54 Å². The van der Waals surface area contributed by atoms with Crippen molar-refractivity contribution in [3.8, 4) is 0 Å². The van der Waals surface area contributed by atoms with Gasteiger partial charge in [-0.1, -0.05) is 0 Å². The molecule has 0 saturated carbocycles. The predicted molar refractivity (Wildman–Crippen MR) is 105 cm³/mol. The summed E-state index contributed by atoms with van der Waals surface area (Å²) < 4.78 is 34.4. The van der Waals surface area contributed by atoms with Crippen LogP contribution in [0.3, 0.4) is 0 Å². The fraction of sp³-hybridized carbons (Fsp3) is 0.615. The normalized spacial score (nSPS) is 12.9. The Kier molecular flexibility index (Phi) is 8.71. The molecule has 0 aliphatic heterocycles. The topological polar surface area (TPSA) is 197 Å². The van der Waals surface area contributed by atoms with Gasteiger partial charge in [0, 0.05) is 12.5 Å². The SMILES string of the molecule is O=c1[nH]cnc2c1nc(Br)n2CC(COCCP(=O)(O)O)COCCP(=O)(O)O. The third-order valence-corrected chi connectivity index (χ3v) is 5.83. The number of aromatic amines is 1. The monoisotopic (exact) mass is 518 g/mol. The smallest absolute Gasteiger partial charge is 0.327 e. The number of fused-ring (bicyclic) bond motifs is 1. The second-order valence-corrected chi connectivity index (χ2v) is 10.5. The first-order valence-electron chi connectivity index (χ1n) is 8.30. The highest BCUT2D eigenvalue weighted by Crippen LogP contribution is 2.34. The summed E-state index contributed by atoms with van der Waals surface area (Å²) in [5, 5.41) is 0. The third-order valence-electron chi connectivity index (χ3n) is 3.69. The van der Waals surface area contributed by atoms with Gasteiger partial charge in [0.25, 0.3) is 5.56 Å². The Morgan fingerprint density at radius 1 is 1.10 bits per heavy atom. The maximum atomic E-state index is 11.9. The quantitative estimate of drug-likeness (QED) is 0.143. The van der Waals surface area contributed by atoms with Gasteiger partial charge in [0.15, 0.2) is 15.9 Å². The first-order chi connectivity index (χ1) is 13.5. The second-order valence-electron chi connectivity index (χ2n) is 6.19. The highest BCUT2D eigenvalue weighted by molar-refractivity contribution is 9.10. The average molecular weight is 519 g/mol. The zero-order valence-corrected chi connectivity index (χ0v) is 18.4. The summed E-state index contributed by atoms with van der Waals surface area (Å²) in [6.45, 7) is -0.0319. The minimum absolute atomic E-state index is 0.0468. The molecular formula is C13H21BrN4O9P2. The maximum Gasteiger partial charge on any atom is 0.327 e. The molecule has 0 bridgehead atoms. The molecule has 13 nitrogen and oxygen atoms in total. The summed E-state index contributed by atoms with van der Waals surface area (Å²) in [5.74, 6) is -0.377. The van der Waals surface area contributed by atoms with Gasteiger partial charge in [0.2, 0.25) is 0 Å². The predicted octanol–water partition coefficient (Wildman–Crippen LogP) is -0.113. The standard InChI is InChI=1S/C13H21BrN4O9P2/c14-13-17-10-11(15-8-16-12(10)19)18(13)5-9(6-26-1-3-28(20,21)22)7-27-2-4-29(23,24)25/h8-9H,1-7H2,(H,15,16,19)(H2,20,21,22)(H2,23,24,25). The van der Waals surface area contributed by atoms with E-state index >= 15 is 0 Å². The second kappa shape index (κ2) is 10.4. The highest BCUT2D eigenvalue weighted by atomic mass is 79.9. The van der Waals surface area contributed by atoms with Crippen molar-refractivity contribution in [3.05, 3.63) is 21.4 Å². The molecule has 5 N–H and O–H groups in total. The van der Waals surface area contributed by atoms with Gasteiger partial charge in [0.1, 0.15) is 0 Å². The Morgan fingerprint density at radius 3 is 2.17 bits per heavy atom. The Morgan fingerprint density at radius 2 is 1.66 bits per heavy atom. The third kappa shape index (κ3) is 8.36. The van der Waals surface area contributed by atoms with E-state index in [-0.39, 0.29) is 44.4 Å². The molecule has 0 fully saturated rings. The van der Waals surface area contributed by atoms with Crippen LogP contribution in [0.5, 0.6) is 0 Å². The fourth-order valence-corrected chi connectivity index (χ4v) is 3.59. The zero-order chi connectivity index (χ0) is 21.7. The molecule has 2 aromatic heterocycles. The number of rotatable bonds is 12. The van der Waals surface area contributed by atoms with Gasteiger partial charge < -0.3 is 38.6 Å². The van der Waals surface area contributed by atoms with Crippen LogP contribution in [0.4, 0.5) is 0 Å². The van der Waals surface area contributed by atoms with Crippen molar-refractivity contribution in [3.63, 3.8) is 0 Å². The number of imidazole rings is 1. The van der Waals surface area contributed by atoms with Crippen LogP contribution in [0.1, 0.15) is 0 Å². The van der Waals surface area contributed by atoms with Crippen molar-refractivity contribution >= 4 is 42.3 Å². The van der Waals surface area contributed by atoms with E-state index in [2.05, 4.69) is 30.9 Å². The lowest BCUT2D eigenvalue weighted by atomic mass is 10.2. The molecule has 29 heavy (non-hydrogen) atoms. The van der Waals surface area contributed by atoms with Crippen LogP contribution in [0.25, 0.3) is 11.2 Å². The van der Waals surface area contributed by atoms with E-state index in [1.54, 1.807) is 4.57 Å². The molecular weight excluding hydrogens is 498 g/mol. The summed E-state index contributed by atoms with van der Waals surface area (Å²) in [5.41, 5.74) is 0.0285. The van der Waals surface area contributed by atoms with Crippen LogP contribution in [0.2, 0.25) is 0 Å². The Bertz CT molecular complexity index is 939. The minimum atomic E-state index is -4.19. The van der Waals surface area contributed by atoms with Crippen molar-refractivity contribution in [2.75, 3.05) is 38.8 Å². The van der Waals surface area contributed by atoms with Gasteiger partial charge >= 0.3 is 15.2 Å². The van der Waals surface area contributed by atoms with Crippen LogP contribution in [-0.2, 0) is 25.1 Å². The molecule has 0 spiro atoms. The molecule has 0 saturated heterocycles. The lowest BCUT2D eigenvalue weighted by Crippen LogP contribution is -2.24. The highest BCUT2D eigenvalue weighted by Gasteiger charge is 2.20. The van der Waals surface area contributed by atoms with E-state index in [0.29, 0.717) is 10.4 Å². The molecule has 0 aromatic carbocycles. The molecule has 0 aliphatic rings. The number of hydrogen-bond acceptors (Lipinski definition) is 7. The van der Waals surface area contributed by atoms with Crippen molar-refractivity contribution < 1.29 is 38.2 Å². The van der Waals surface area contributed by atoms with Gasteiger partial charge in [0.05, 0.1) is 45.1 Å². The van der Waals surface area contributed by atoms with Crippen LogP contribution in [-0.4, -0.2) is 77.8 Å². The average Bonchev–Trinajstić information content (AvgIpc) is 2.91. The van der Waals surface area contributed by atoms with Gasteiger partial charge in [-0.15, -0.1) is 0 Å². The fourth-order valence-electron chi connectivity index (χ4n) is 2.36. The van der Waals surface area contributed by atoms with Gasteiger partial charge in [-0.2, -0.15) is 0 Å². The molecule has 164 valence electrons. The van der Waals surface area contributed by atoms with Crippen LogP contribution < -0.4 is 5.56 Å². The first-order valence-corrected chi connectivity index (χ1v) is 12.7. The summed E-state index contributed by atoms with van der Waals surface area (Å²) in [6, 6.07) is 0. The van der Waals surface area contributed by atoms with Gasteiger partial charge in [-0.05, 0) is 15.9 Å². The molecule has 2 heterocycles. The van der Waals surface area contributed by atoms with Crippen LogP contribution in [0.15, 0.2) is 15.9 Å². The van der Waals surface area contributed by atoms with E-state index in [0.717, 1.165) is 0 Å². The number of aromatic nitrogens is 4. The number of hydrogen-bond donors (Lipinski definition) is 5. The number of nitrogens with one attached hydrogen (secondary N) is 1. The van der Waals surface area contributed by atoms with Gasteiger partial charge in [-0.3, -0.25) is 13.9 Å². The van der Waals surface area contributed by atoms with E-state index in [1.165, 1.54) is 6.33 Å². The van der Waals surface area contributed by atoms with E-state index in [9.17, 15) is 13.9 Å². The van der Waals surface area contributed by atoms with Gasteiger partial charge in [-0.25, -0.2) is 9.97 Å². The zero-order valence-electron chi connectivity index (χ0n) is 15.0. The maximum absolute atomic E-state index is 11.9. The van der Waals surface area contributed by atoms with E-state index < -0.39 is 33.1 Å². The molecule has 0 amide bonds. The Hall–Kier alpha value is -0.950. The van der Waals surface area contributed by atoms with Crippen LogP contribution in [0, 0.1) is 5.92 Å². The van der Waals surface area contributed by atoms with Crippen molar-refractivity contribution in [1.82, 2.24) is 19.5 Å². The molecule has 0 aliphatic carbocycles.